The van der Waals surface area contributed by atoms with Crippen LogP contribution in [0.2, 0.25) is 0 Å². The van der Waals surface area contributed by atoms with E-state index >= 15 is 0 Å². The molecule has 0 aromatic heterocycles. The lowest BCUT2D eigenvalue weighted by molar-refractivity contribution is -0.135. The van der Waals surface area contributed by atoms with E-state index in [0.29, 0.717) is 5.56 Å². The summed E-state index contributed by atoms with van der Waals surface area (Å²) < 4.78 is 5.30. The van der Waals surface area contributed by atoms with Crippen LogP contribution in [0.3, 0.4) is 0 Å². The van der Waals surface area contributed by atoms with Crippen LogP contribution in [-0.4, -0.2) is 36.0 Å². The zero-order valence-corrected chi connectivity index (χ0v) is 16.0. The van der Waals surface area contributed by atoms with E-state index in [1.54, 1.807) is 6.07 Å². The second kappa shape index (κ2) is 6.15. The standard InChI is InChI=1S/C21H29NO3/c1-14-6-7-16(8-15(14)2)19(24)25-11-18(23)22-13-21(5)10-17(22)9-20(3,4)12-21/h6-8,17H,9-13H2,1-5H3. The van der Waals surface area contributed by atoms with E-state index < -0.39 is 5.97 Å². The van der Waals surface area contributed by atoms with Gasteiger partial charge in [-0.15, -0.1) is 0 Å². The molecule has 1 saturated carbocycles. The van der Waals surface area contributed by atoms with Gasteiger partial charge in [0.25, 0.3) is 5.91 Å². The highest BCUT2D eigenvalue weighted by molar-refractivity contribution is 5.91. The minimum absolute atomic E-state index is 0.0661. The summed E-state index contributed by atoms with van der Waals surface area (Å²) in [5, 5.41) is 0. The van der Waals surface area contributed by atoms with Gasteiger partial charge >= 0.3 is 5.97 Å². The maximum Gasteiger partial charge on any atom is 0.338 e. The van der Waals surface area contributed by atoms with Crippen LogP contribution in [0, 0.1) is 24.7 Å². The Bertz CT molecular complexity index is 709. The average Bonchev–Trinajstić information content (AvgIpc) is 2.76. The lowest BCUT2D eigenvalue weighted by Gasteiger charge is -2.39. The van der Waals surface area contributed by atoms with Gasteiger partial charge in [-0.05, 0) is 67.2 Å². The van der Waals surface area contributed by atoms with E-state index in [2.05, 4.69) is 20.8 Å². The van der Waals surface area contributed by atoms with Crippen molar-refractivity contribution in [2.75, 3.05) is 13.2 Å². The molecule has 2 fully saturated rings. The second-order valence-corrected chi connectivity index (χ2v) is 9.11. The van der Waals surface area contributed by atoms with Crippen LogP contribution in [0.5, 0.6) is 0 Å². The molecule has 1 saturated heterocycles. The monoisotopic (exact) mass is 343 g/mol. The fourth-order valence-corrected chi connectivity index (χ4v) is 4.91. The molecule has 2 atom stereocenters. The summed E-state index contributed by atoms with van der Waals surface area (Å²) in [4.78, 5) is 26.8. The van der Waals surface area contributed by atoms with E-state index in [4.69, 9.17) is 4.74 Å². The van der Waals surface area contributed by atoms with E-state index in [0.717, 1.165) is 36.9 Å². The molecule has 1 aromatic rings. The third kappa shape index (κ3) is 3.73. The predicted molar refractivity (Wildman–Crippen MR) is 97.4 cm³/mol. The molecule has 1 aromatic carbocycles. The molecule has 2 aliphatic rings. The van der Waals surface area contributed by atoms with E-state index in [-0.39, 0.29) is 29.4 Å². The molecule has 2 bridgehead atoms. The van der Waals surface area contributed by atoms with Gasteiger partial charge in [-0.2, -0.15) is 0 Å². The summed E-state index contributed by atoms with van der Waals surface area (Å²) >= 11 is 0. The van der Waals surface area contributed by atoms with Crippen LogP contribution < -0.4 is 0 Å². The summed E-state index contributed by atoms with van der Waals surface area (Å²) in [6.45, 7) is 11.4. The summed E-state index contributed by atoms with van der Waals surface area (Å²) in [5.74, 6) is -0.492. The van der Waals surface area contributed by atoms with Crippen LogP contribution in [0.4, 0.5) is 0 Å². The Morgan fingerprint density at radius 1 is 1.16 bits per heavy atom. The van der Waals surface area contributed by atoms with Gasteiger partial charge < -0.3 is 9.64 Å². The SMILES string of the molecule is Cc1ccc(C(=O)OCC(=O)N2CC3(C)CC2CC(C)(C)C3)cc1C. The minimum atomic E-state index is -0.426. The highest BCUT2D eigenvalue weighted by Gasteiger charge is 2.50. The van der Waals surface area contributed by atoms with Gasteiger partial charge in [0.2, 0.25) is 0 Å². The van der Waals surface area contributed by atoms with Gasteiger partial charge in [0.15, 0.2) is 6.61 Å². The van der Waals surface area contributed by atoms with E-state index in [9.17, 15) is 9.59 Å². The van der Waals surface area contributed by atoms with Gasteiger partial charge in [0.05, 0.1) is 5.56 Å². The zero-order valence-electron chi connectivity index (χ0n) is 16.0. The number of ether oxygens (including phenoxy) is 1. The third-order valence-corrected chi connectivity index (χ3v) is 5.80. The molecular formula is C21H29NO3. The number of benzene rings is 1. The second-order valence-electron chi connectivity index (χ2n) is 9.11. The molecule has 136 valence electrons. The number of hydrogen-bond donors (Lipinski definition) is 0. The molecule has 3 rings (SSSR count). The van der Waals surface area contributed by atoms with Crippen molar-refractivity contribution in [2.24, 2.45) is 10.8 Å². The predicted octanol–water partition coefficient (Wildman–Crippen LogP) is 3.89. The number of aryl methyl sites for hydroxylation is 2. The van der Waals surface area contributed by atoms with E-state index in [1.807, 2.05) is 30.9 Å². The topological polar surface area (TPSA) is 46.6 Å². The maximum absolute atomic E-state index is 12.6. The summed E-state index contributed by atoms with van der Waals surface area (Å²) in [6.07, 6.45) is 3.23. The molecule has 0 spiro atoms. The van der Waals surface area contributed by atoms with Crippen molar-refractivity contribution in [1.82, 2.24) is 4.90 Å². The molecule has 4 nitrogen and oxygen atoms in total. The van der Waals surface area contributed by atoms with Crippen LogP contribution >= 0.6 is 0 Å². The highest BCUT2D eigenvalue weighted by atomic mass is 16.5. The highest BCUT2D eigenvalue weighted by Crippen LogP contribution is 2.52. The molecule has 1 aliphatic carbocycles. The van der Waals surface area contributed by atoms with Gasteiger partial charge in [-0.3, -0.25) is 4.79 Å². The summed E-state index contributed by atoms with van der Waals surface area (Å²) in [7, 11) is 0. The van der Waals surface area contributed by atoms with Crippen LogP contribution in [0.1, 0.15) is 61.5 Å². The Balaban J connectivity index is 1.61. The average molecular weight is 343 g/mol. The number of carbonyl (C=O) groups is 2. The molecule has 25 heavy (non-hydrogen) atoms. The molecule has 1 amide bonds. The summed E-state index contributed by atoms with van der Waals surface area (Å²) in [6, 6.07) is 5.75. The van der Waals surface area contributed by atoms with Crippen LogP contribution in [0.15, 0.2) is 18.2 Å². The molecule has 0 radical (unpaired) electrons. The lowest BCUT2D eigenvalue weighted by atomic mass is 9.65. The number of likely N-dealkylation sites (tertiary alicyclic amines) is 1. The molecular weight excluding hydrogens is 314 g/mol. The Morgan fingerprint density at radius 3 is 2.56 bits per heavy atom. The fraction of sp³-hybridized carbons (Fsp3) is 0.619. The van der Waals surface area contributed by atoms with Gasteiger partial charge in [0, 0.05) is 12.6 Å². The van der Waals surface area contributed by atoms with Crippen molar-refractivity contribution in [2.45, 2.75) is 59.9 Å². The number of amides is 1. The normalized spacial score (nSPS) is 27.2. The first-order valence-corrected chi connectivity index (χ1v) is 9.12. The number of esters is 1. The van der Waals surface area contributed by atoms with Gasteiger partial charge in [0.1, 0.15) is 0 Å². The van der Waals surface area contributed by atoms with Gasteiger partial charge in [-0.25, -0.2) is 4.79 Å². The molecule has 0 N–H and O–H groups in total. The largest absolute Gasteiger partial charge is 0.452 e. The molecule has 1 aliphatic heterocycles. The van der Waals surface area contributed by atoms with Crippen molar-refractivity contribution in [3.63, 3.8) is 0 Å². The molecule has 1 heterocycles. The van der Waals surface area contributed by atoms with Gasteiger partial charge in [-0.1, -0.05) is 26.8 Å². The number of fused-ring (bicyclic) bond motifs is 2. The Hall–Kier alpha value is -1.84. The number of hydrogen-bond acceptors (Lipinski definition) is 3. The molecule has 2 unspecified atom stereocenters. The molecule has 4 heteroatoms. The van der Waals surface area contributed by atoms with Crippen molar-refractivity contribution >= 4 is 11.9 Å². The fourth-order valence-electron chi connectivity index (χ4n) is 4.91. The van der Waals surface area contributed by atoms with Crippen LogP contribution in [-0.2, 0) is 9.53 Å². The van der Waals surface area contributed by atoms with Crippen LogP contribution in [0.25, 0.3) is 0 Å². The number of carbonyl (C=O) groups excluding carboxylic acids is 2. The first kappa shape index (κ1) is 18.0. The Kier molecular flexibility index (Phi) is 4.42. The smallest absolute Gasteiger partial charge is 0.338 e. The van der Waals surface area contributed by atoms with Crippen molar-refractivity contribution in [3.8, 4) is 0 Å². The van der Waals surface area contributed by atoms with Crippen molar-refractivity contribution < 1.29 is 14.3 Å². The maximum atomic E-state index is 12.6. The summed E-state index contributed by atoms with van der Waals surface area (Å²) in [5.41, 5.74) is 3.14. The number of nitrogens with zero attached hydrogens (tertiary/aromatic N) is 1. The number of rotatable bonds is 3. The zero-order chi connectivity index (χ0) is 18.4. The lowest BCUT2D eigenvalue weighted by Crippen LogP contribution is -2.39. The van der Waals surface area contributed by atoms with Crippen molar-refractivity contribution in [3.05, 3.63) is 34.9 Å². The van der Waals surface area contributed by atoms with Crippen molar-refractivity contribution in [1.29, 1.82) is 0 Å². The first-order chi connectivity index (χ1) is 11.6. The van der Waals surface area contributed by atoms with E-state index in [1.165, 1.54) is 0 Å². The quantitative estimate of drug-likeness (QED) is 0.782. The first-order valence-electron chi connectivity index (χ1n) is 9.12. The minimum Gasteiger partial charge on any atom is -0.452 e. The Labute approximate surface area is 150 Å². The Morgan fingerprint density at radius 2 is 1.88 bits per heavy atom. The third-order valence-electron chi connectivity index (χ3n) is 5.80.